The molecular formula is C8H12N2O2. The summed E-state index contributed by atoms with van der Waals surface area (Å²) in [5.74, 6) is -0.918. The van der Waals surface area contributed by atoms with Crippen molar-refractivity contribution >= 4 is 5.97 Å². The van der Waals surface area contributed by atoms with Crippen LogP contribution in [-0.4, -0.2) is 20.9 Å². The monoisotopic (exact) mass is 168 g/mol. The van der Waals surface area contributed by atoms with Gasteiger partial charge < -0.3 is 5.11 Å². The molecule has 0 aliphatic heterocycles. The number of aromatic carboxylic acids is 1. The number of carbonyl (C=O) groups is 1. The van der Waals surface area contributed by atoms with Crippen molar-refractivity contribution in [1.29, 1.82) is 0 Å². The van der Waals surface area contributed by atoms with E-state index in [0.717, 1.165) is 0 Å². The maximum absolute atomic E-state index is 10.7. The summed E-state index contributed by atoms with van der Waals surface area (Å²) < 4.78 is 1.51. The van der Waals surface area contributed by atoms with Crippen LogP contribution in [0.1, 0.15) is 35.9 Å². The number of hydrogen-bond donors (Lipinski definition) is 1. The Morgan fingerprint density at radius 3 is 2.58 bits per heavy atom. The molecule has 0 spiro atoms. The Morgan fingerprint density at radius 2 is 2.25 bits per heavy atom. The average Bonchev–Trinajstić information content (AvgIpc) is 2.30. The van der Waals surface area contributed by atoms with E-state index in [-0.39, 0.29) is 11.7 Å². The summed E-state index contributed by atoms with van der Waals surface area (Å²) >= 11 is 0. The molecule has 0 fully saturated rings. The molecule has 1 rings (SSSR count). The van der Waals surface area contributed by atoms with Gasteiger partial charge in [-0.05, 0) is 20.8 Å². The van der Waals surface area contributed by atoms with E-state index in [0.29, 0.717) is 5.56 Å². The molecule has 1 heterocycles. The largest absolute Gasteiger partial charge is 0.477 e. The van der Waals surface area contributed by atoms with Gasteiger partial charge in [-0.2, -0.15) is 5.10 Å². The predicted molar refractivity (Wildman–Crippen MR) is 44.3 cm³/mol. The van der Waals surface area contributed by atoms with E-state index in [1.807, 2.05) is 13.8 Å². The first-order valence-corrected chi connectivity index (χ1v) is 3.81. The van der Waals surface area contributed by atoms with Gasteiger partial charge in [-0.15, -0.1) is 0 Å². The number of carboxylic acid groups (broad SMARTS) is 1. The molecule has 0 aromatic carbocycles. The second-order valence-electron chi connectivity index (χ2n) is 3.02. The average molecular weight is 168 g/mol. The molecule has 0 saturated carbocycles. The van der Waals surface area contributed by atoms with Crippen LogP contribution in [0, 0.1) is 6.92 Å². The quantitative estimate of drug-likeness (QED) is 0.727. The first-order valence-electron chi connectivity index (χ1n) is 3.81. The van der Waals surface area contributed by atoms with E-state index < -0.39 is 5.97 Å². The maximum Gasteiger partial charge on any atom is 0.354 e. The van der Waals surface area contributed by atoms with Crippen LogP contribution in [0.5, 0.6) is 0 Å². The first kappa shape index (κ1) is 8.77. The Hall–Kier alpha value is -1.32. The second kappa shape index (κ2) is 2.97. The van der Waals surface area contributed by atoms with Crippen LogP contribution >= 0.6 is 0 Å². The van der Waals surface area contributed by atoms with E-state index in [1.165, 1.54) is 4.68 Å². The third kappa shape index (κ3) is 1.32. The van der Waals surface area contributed by atoms with Gasteiger partial charge in [0.2, 0.25) is 0 Å². The van der Waals surface area contributed by atoms with Crippen molar-refractivity contribution in [3.63, 3.8) is 0 Å². The summed E-state index contributed by atoms with van der Waals surface area (Å²) in [6, 6.07) is 0.0878. The van der Waals surface area contributed by atoms with Gasteiger partial charge in [0.05, 0.1) is 6.20 Å². The van der Waals surface area contributed by atoms with Crippen molar-refractivity contribution in [2.24, 2.45) is 0 Å². The summed E-state index contributed by atoms with van der Waals surface area (Å²) in [4.78, 5) is 10.7. The summed E-state index contributed by atoms with van der Waals surface area (Å²) in [6.07, 6.45) is 1.57. The van der Waals surface area contributed by atoms with Gasteiger partial charge in [-0.3, -0.25) is 4.68 Å². The Balaban J connectivity index is 3.21. The maximum atomic E-state index is 10.7. The number of rotatable bonds is 2. The minimum Gasteiger partial charge on any atom is -0.477 e. The van der Waals surface area contributed by atoms with Gasteiger partial charge in [0, 0.05) is 11.6 Å². The van der Waals surface area contributed by atoms with Crippen molar-refractivity contribution in [2.45, 2.75) is 26.8 Å². The Labute approximate surface area is 70.8 Å². The molecule has 1 N–H and O–H groups in total. The summed E-state index contributed by atoms with van der Waals surface area (Å²) in [7, 11) is 0. The summed E-state index contributed by atoms with van der Waals surface area (Å²) in [5.41, 5.74) is 0.987. The number of aromatic nitrogens is 2. The number of carboxylic acids is 1. The number of hydrogen-bond acceptors (Lipinski definition) is 2. The second-order valence-corrected chi connectivity index (χ2v) is 3.02. The van der Waals surface area contributed by atoms with E-state index >= 15 is 0 Å². The highest BCUT2D eigenvalue weighted by molar-refractivity contribution is 5.87. The van der Waals surface area contributed by atoms with Crippen molar-refractivity contribution in [2.75, 3.05) is 0 Å². The highest BCUT2D eigenvalue weighted by atomic mass is 16.4. The van der Waals surface area contributed by atoms with E-state index in [9.17, 15) is 4.79 Å². The molecule has 1 aromatic heterocycles. The minimum atomic E-state index is -0.918. The van der Waals surface area contributed by atoms with Crippen LogP contribution in [-0.2, 0) is 0 Å². The molecule has 0 aliphatic rings. The van der Waals surface area contributed by atoms with Crippen LogP contribution in [0.4, 0.5) is 0 Å². The Morgan fingerprint density at radius 1 is 1.67 bits per heavy atom. The molecule has 4 heteroatoms. The van der Waals surface area contributed by atoms with Gasteiger partial charge >= 0.3 is 5.97 Å². The van der Waals surface area contributed by atoms with E-state index in [1.54, 1.807) is 13.1 Å². The molecular weight excluding hydrogens is 156 g/mol. The zero-order chi connectivity index (χ0) is 9.30. The van der Waals surface area contributed by atoms with Crippen LogP contribution < -0.4 is 0 Å². The van der Waals surface area contributed by atoms with Crippen LogP contribution in [0.2, 0.25) is 0 Å². The smallest absolute Gasteiger partial charge is 0.354 e. The molecule has 0 atom stereocenters. The Kier molecular flexibility index (Phi) is 2.17. The fourth-order valence-corrected chi connectivity index (χ4v) is 1.11. The molecule has 0 radical (unpaired) electrons. The van der Waals surface area contributed by atoms with Crippen LogP contribution in [0.25, 0.3) is 0 Å². The normalized spacial score (nSPS) is 10.7. The highest BCUT2D eigenvalue weighted by Gasteiger charge is 2.15. The van der Waals surface area contributed by atoms with E-state index in [4.69, 9.17) is 5.11 Å². The molecule has 12 heavy (non-hydrogen) atoms. The number of nitrogens with zero attached hydrogens (tertiary/aromatic N) is 2. The van der Waals surface area contributed by atoms with E-state index in [2.05, 4.69) is 5.10 Å². The zero-order valence-electron chi connectivity index (χ0n) is 7.40. The SMILES string of the molecule is Cc1cnn(C(C)C)c1C(=O)O. The fourth-order valence-electron chi connectivity index (χ4n) is 1.11. The van der Waals surface area contributed by atoms with Gasteiger partial charge in [-0.1, -0.05) is 0 Å². The van der Waals surface area contributed by atoms with Crippen molar-refractivity contribution in [1.82, 2.24) is 9.78 Å². The van der Waals surface area contributed by atoms with Crippen LogP contribution in [0.3, 0.4) is 0 Å². The topological polar surface area (TPSA) is 55.1 Å². The molecule has 4 nitrogen and oxygen atoms in total. The zero-order valence-corrected chi connectivity index (χ0v) is 7.40. The minimum absolute atomic E-state index is 0.0878. The first-order chi connectivity index (χ1) is 5.54. The molecule has 0 amide bonds. The third-order valence-electron chi connectivity index (χ3n) is 1.67. The fraction of sp³-hybridized carbons (Fsp3) is 0.500. The lowest BCUT2D eigenvalue weighted by molar-refractivity contribution is 0.0680. The summed E-state index contributed by atoms with van der Waals surface area (Å²) in [6.45, 7) is 5.55. The lowest BCUT2D eigenvalue weighted by Crippen LogP contribution is -2.12. The lowest BCUT2D eigenvalue weighted by Gasteiger charge is -2.07. The van der Waals surface area contributed by atoms with Gasteiger partial charge in [-0.25, -0.2) is 4.79 Å². The van der Waals surface area contributed by atoms with Crippen molar-refractivity contribution in [3.05, 3.63) is 17.5 Å². The summed E-state index contributed by atoms with van der Waals surface area (Å²) in [5, 5.41) is 12.8. The van der Waals surface area contributed by atoms with Gasteiger partial charge in [0.1, 0.15) is 5.69 Å². The molecule has 66 valence electrons. The predicted octanol–water partition coefficient (Wildman–Crippen LogP) is 1.47. The van der Waals surface area contributed by atoms with Crippen LogP contribution in [0.15, 0.2) is 6.20 Å². The molecule has 1 aromatic rings. The molecule has 0 saturated heterocycles. The standard InChI is InChI=1S/C8H12N2O2/c1-5(2)10-7(8(11)12)6(3)4-9-10/h4-5H,1-3H3,(H,11,12). The Bertz CT molecular complexity index is 302. The van der Waals surface area contributed by atoms with Crippen molar-refractivity contribution < 1.29 is 9.90 Å². The van der Waals surface area contributed by atoms with Gasteiger partial charge in [0.25, 0.3) is 0 Å². The van der Waals surface area contributed by atoms with Crippen molar-refractivity contribution in [3.8, 4) is 0 Å². The highest BCUT2D eigenvalue weighted by Crippen LogP contribution is 2.12. The lowest BCUT2D eigenvalue weighted by atomic mass is 10.2. The molecule has 0 aliphatic carbocycles. The molecule has 0 unspecified atom stereocenters. The van der Waals surface area contributed by atoms with Gasteiger partial charge in [0.15, 0.2) is 0 Å². The molecule has 0 bridgehead atoms. The number of aryl methyl sites for hydroxylation is 1. The third-order valence-corrected chi connectivity index (χ3v) is 1.67.